The molecule has 1 amide bonds. The molecule has 0 aromatic heterocycles. The van der Waals surface area contributed by atoms with E-state index in [0.717, 1.165) is 19.3 Å². The van der Waals surface area contributed by atoms with Crippen LogP contribution in [0, 0.1) is 23.2 Å². The first-order valence-corrected chi connectivity index (χ1v) is 8.23. The molecule has 4 rings (SSSR count). The van der Waals surface area contributed by atoms with Crippen LogP contribution in [0.5, 0.6) is 0 Å². The number of nitrogens with one attached hydrogen (secondary N) is 1. The molecule has 0 aromatic carbocycles. The number of carbonyl (C=O) groups is 2. The molecule has 4 aliphatic carbocycles. The number of amides is 1. The summed E-state index contributed by atoms with van der Waals surface area (Å²) in [6.07, 6.45) is 0.627. The van der Waals surface area contributed by atoms with Crippen molar-refractivity contribution in [2.45, 2.75) is 63.6 Å². The third-order valence-electron chi connectivity index (χ3n) is 5.81. The highest BCUT2D eigenvalue weighted by Crippen LogP contribution is 2.61. The molecule has 0 radical (unpaired) electrons. The number of carbonyl (C=O) groups excluding carboxylic acids is 1. The second kappa shape index (κ2) is 5.67. The summed E-state index contributed by atoms with van der Waals surface area (Å²) in [5.74, 6) is -0.373. The molecule has 4 aliphatic rings. The van der Waals surface area contributed by atoms with E-state index in [9.17, 15) is 22.8 Å². The van der Waals surface area contributed by atoms with Crippen LogP contribution in [-0.4, -0.2) is 29.2 Å². The molecule has 23 heavy (non-hydrogen) atoms. The van der Waals surface area contributed by atoms with Gasteiger partial charge in [0, 0.05) is 6.42 Å². The maximum Gasteiger partial charge on any atom is 0.409 e. The Kier molecular flexibility index (Phi) is 4.09. The van der Waals surface area contributed by atoms with Crippen LogP contribution in [0.2, 0.25) is 0 Å². The van der Waals surface area contributed by atoms with Crippen LogP contribution in [0.1, 0.15) is 51.4 Å². The molecule has 130 valence electrons. The summed E-state index contributed by atoms with van der Waals surface area (Å²) < 4.78 is 38.6. The third-order valence-corrected chi connectivity index (χ3v) is 5.81. The first-order chi connectivity index (χ1) is 10.7. The van der Waals surface area contributed by atoms with Crippen molar-refractivity contribution in [2.24, 2.45) is 23.2 Å². The van der Waals surface area contributed by atoms with Gasteiger partial charge in [-0.05, 0) is 61.7 Å². The average Bonchev–Trinajstić information content (AvgIpc) is 2.33. The van der Waals surface area contributed by atoms with Crippen LogP contribution < -0.4 is 5.32 Å². The predicted molar refractivity (Wildman–Crippen MR) is 75.5 cm³/mol. The highest BCUT2D eigenvalue weighted by molar-refractivity contribution is 5.78. The van der Waals surface area contributed by atoms with E-state index in [0.29, 0.717) is 17.8 Å². The van der Waals surface area contributed by atoms with Gasteiger partial charge >= 0.3 is 12.1 Å². The summed E-state index contributed by atoms with van der Waals surface area (Å²) in [5, 5.41) is 10.5. The van der Waals surface area contributed by atoms with Crippen LogP contribution in [0.4, 0.5) is 13.2 Å². The van der Waals surface area contributed by atoms with E-state index in [1.807, 2.05) is 5.32 Å². The number of hydrogen-bond acceptors (Lipinski definition) is 2. The molecular formula is C16H22F3NO3. The van der Waals surface area contributed by atoms with Crippen molar-refractivity contribution >= 4 is 11.9 Å². The summed E-state index contributed by atoms with van der Waals surface area (Å²) in [7, 11) is 0. The van der Waals surface area contributed by atoms with Gasteiger partial charge in [-0.1, -0.05) is 0 Å². The normalized spacial score (nSPS) is 36.7. The first-order valence-electron chi connectivity index (χ1n) is 8.23. The number of carboxylic acids is 1. The molecule has 1 atom stereocenters. The zero-order valence-electron chi connectivity index (χ0n) is 12.9. The Balaban J connectivity index is 1.63. The largest absolute Gasteiger partial charge is 0.481 e. The number of alkyl halides is 3. The predicted octanol–water partition coefficient (Wildman–Crippen LogP) is 3.11. The van der Waals surface area contributed by atoms with Gasteiger partial charge in [-0.25, -0.2) is 0 Å². The van der Waals surface area contributed by atoms with Gasteiger partial charge in [0.1, 0.15) is 6.04 Å². The monoisotopic (exact) mass is 333 g/mol. The van der Waals surface area contributed by atoms with Crippen molar-refractivity contribution in [2.75, 3.05) is 0 Å². The summed E-state index contributed by atoms with van der Waals surface area (Å²) in [4.78, 5) is 22.8. The fourth-order valence-electron chi connectivity index (χ4n) is 5.52. The summed E-state index contributed by atoms with van der Waals surface area (Å²) in [6.45, 7) is 0. The molecule has 4 fully saturated rings. The molecule has 0 spiro atoms. The van der Waals surface area contributed by atoms with Gasteiger partial charge in [0.05, 0.1) is 6.42 Å². The minimum absolute atomic E-state index is 0.0999. The average molecular weight is 333 g/mol. The number of carboxylic acid groups (broad SMARTS) is 1. The van der Waals surface area contributed by atoms with E-state index in [4.69, 9.17) is 5.11 Å². The topological polar surface area (TPSA) is 66.4 Å². The third kappa shape index (κ3) is 3.63. The SMILES string of the molecule is O=C(O)C[C@H](NC(=O)CC12CC3CC(CC(C3)C1)C2)C(F)(F)F. The van der Waals surface area contributed by atoms with Gasteiger partial charge in [0.25, 0.3) is 0 Å². The van der Waals surface area contributed by atoms with Crippen molar-refractivity contribution < 1.29 is 27.9 Å². The maximum atomic E-state index is 12.9. The van der Waals surface area contributed by atoms with Gasteiger partial charge in [-0.15, -0.1) is 0 Å². The van der Waals surface area contributed by atoms with Crippen LogP contribution in [0.15, 0.2) is 0 Å². The Bertz CT molecular complexity index is 468. The minimum atomic E-state index is -4.74. The fraction of sp³-hybridized carbons (Fsp3) is 0.875. The highest BCUT2D eigenvalue weighted by Gasteiger charge is 2.52. The zero-order valence-corrected chi connectivity index (χ0v) is 12.9. The van der Waals surface area contributed by atoms with Gasteiger partial charge < -0.3 is 10.4 Å². The van der Waals surface area contributed by atoms with Gasteiger partial charge in [0.2, 0.25) is 5.91 Å². The Morgan fingerprint density at radius 2 is 1.57 bits per heavy atom. The lowest BCUT2D eigenvalue weighted by molar-refractivity contribution is -0.171. The summed E-state index contributed by atoms with van der Waals surface area (Å²) >= 11 is 0. The van der Waals surface area contributed by atoms with E-state index >= 15 is 0 Å². The molecule has 0 saturated heterocycles. The molecule has 4 bridgehead atoms. The Labute approximate surface area is 132 Å². The van der Waals surface area contributed by atoms with Crippen LogP contribution in [0.25, 0.3) is 0 Å². The Morgan fingerprint density at radius 3 is 1.96 bits per heavy atom. The molecule has 0 heterocycles. The second-order valence-corrected chi connectivity index (χ2v) is 7.85. The number of halogens is 3. The Hall–Kier alpha value is -1.27. The first kappa shape index (κ1) is 16.6. The lowest BCUT2D eigenvalue weighted by Gasteiger charge is -2.56. The lowest BCUT2D eigenvalue weighted by atomic mass is 9.49. The molecule has 0 aliphatic heterocycles. The summed E-state index contributed by atoms with van der Waals surface area (Å²) in [5.41, 5.74) is -0.155. The van der Waals surface area contributed by atoms with E-state index in [1.165, 1.54) is 19.3 Å². The summed E-state index contributed by atoms with van der Waals surface area (Å²) in [6, 6.07) is -2.30. The highest BCUT2D eigenvalue weighted by atomic mass is 19.4. The van der Waals surface area contributed by atoms with Gasteiger partial charge in [0.15, 0.2) is 0 Å². The van der Waals surface area contributed by atoms with Crippen molar-refractivity contribution in [3.63, 3.8) is 0 Å². The van der Waals surface area contributed by atoms with Crippen LogP contribution >= 0.6 is 0 Å². The van der Waals surface area contributed by atoms with Crippen molar-refractivity contribution in [3.8, 4) is 0 Å². The van der Waals surface area contributed by atoms with E-state index in [2.05, 4.69) is 0 Å². The van der Waals surface area contributed by atoms with Crippen LogP contribution in [-0.2, 0) is 9.59 Å². The fourth-order valence-corrected chi connectivity index (χ4v) is 5.52. The number of rotatable bonds is 5. The van der Waals surface area contributed by atoms with E-state index in [1.54, 1.807) is 0 Å². The molecule has 0 unspecified atom stereocenters. The standard InChI is InChI=1S/C16H22F3NO3/c17-16(18,19)12(4-14(22)23)20-13(21)8-15-5-9-1-10(6-15)3-11(2-9)7-15/h9-12H,1-8H2,(H,20,21)(H,22,23)/t9?,10?,11?,12-,15?/m0/s1. The number of aliphatic carboxylic acids is 1. The molecular weight excluding hydrogens is 311 g/mol. The Morgan fingerprint density at radius 1 is 1.09 bits per heavy atom. The molecule has 2 N–H and O–H groups in total. The van der Waals surface area contributed by atoms with E-state index in [-0.39, 0.29) is 11.8 Å². The van der Waals surface area contributed by atoms with Crippen molar-refractivity contribution in [1.82, 2.24) is 5.32 Å². The smallest absolute Gasteiger partial charge is 0.409 e. The quantitative estimate of drug-likeness (QED) is 0.812. The minimum Gasteiger partial charge on any atom is -0.481 e. The van der Waals surface area contributed by atoms with Crippen molar-refractivity contribution in [1.29, 1.82) is 0 Å². The zero-order chi connectivity index (χ0) is 16.8. The van der Waals surface area contributed by atoms with E-state index < -0.39 is 30.5 Å². The molecule has 0 aromatic rings. The van der Waals surface area contributed by atoms with Crippen molar-refractivity contribution in [3.05, 3.63) is 0 Å². The lowest BCUT2D eigenvalue weighted by Crippen LogP contribution is -2.51. The second-order valence-electron chi connectivity index (χ2n) is 7.85. The van der Waals surface area contributed by atoms with Gasteiger partial charge in [-0.2, -0.15) is 13.2 Å². The molecule has 4 saturated carbocycles. The molecule has 4 nitrogen and oxygen atoms in total. The van der Waals surface area contributed by atoms with Gasteiger partial charge in [-0.3, -0.25) is 9.59 Å². The maximum absolute atomic E-state index is 12.9. The van der Waals surface area contributed by atoms with Crippen LogP contribution in [0.3, 0.4) is 0 Å². The number of hydrogen-bond donors (Lipinski definition) is 2. The molecule has 7 heteroatoms.